The topological polar surface area (TPSA) is 72.7 Å². The minimum Gasteiger partial charge on any atom is -0.334 e. The van der Waals surface area contributed by atoms with Crippen LogP contribution in [0.25, 0.3) is 22.2 Å². The lowest BCUT2D eigenvalue weighted by Crippen LogP contribution is -2.49. The summed E-state index contributed by atoms with van der Waals surface area (Å²) in [5.41, 5.74) is 0.632. The van der Waals surface area contributed by atoms with E-state index in [2.05, 4.69) is 20.3 Å². The number of hydrogen-bond acceptors (Lipinski definition) is 4. The molecule has 0 aliphatic heterocycles. The van der Waals surface area contributed by atoms with Crippen molar-refractivity contribution in [1.29, 1.82) is 0 Å². The smallest absolute Gasteiger partial charge is 0.256 e. The standard InChI is InChI=1S/C19H10B4FN5O/c1-29-7-25-6-11(29)8-2-3-9-5-26-19(27-10(9)4-8)28-18(30)12-13(20)15(22)17(24)16(23)14(12)21/h2-7H,1H3,(H,26,27,28,30). The van der Waals surface area contributed by atoms with Crippen molar-refractivity contribution in [2.24, 2.45) is 7.05 Å². The molecule has 2 heterocycles. The first-order valence-corrected chi connectivity index (χ1v) is 8.74. The molecule has 0 spiro atoms. The molecule has 0 bridgehead atoms. The summed E-state index contributed by atoms with van der Waals surface area (Å²) in [6, 6.07) is 5.63. The van der Waals surface area contributed by atoms with Gasteiger partial charge in [-0.1, -0.05) is 34.0 Å². The maximum Gasteiger partial charge on any atom is 0.256 e. The summed E-state index contributed by atoms with van der Waals surface area (Å²) >= 11 is 0. The summed E-state index contributed by atoms with van der Waals surface area (Å²) < 4.78 is 15.8. The highest BCUT2D eigenvalue weighted by Crippen LogP contribution is 2.23. The highest BCUT2D eigenvalue weighted by Gasteiger charge is 2.19. The Bertz CT molecular complexity index is 1300. The summed E-state index contributed by atoms with van der Waals surface area (Å²) in [4.78, 5) is 25.3. The fourth-order valence-corrected chi connectivity index (χ4v) is 3.08. The van der Waals surface area contributed by atoms with Gasteiger partial charge in [0.15, 0.2) is 0 Å². The maximum atomic E-state index is 13.9. The molecule has 0 saturated heterocycles. The molecule has 1 N–H and O–H groups in total. The molecule has 4 rings (SSSR count). The van der Waals surface area contributed by atoms with Gasteiger partial charge in [-0.15, -0.1) is 0 Å². The van der Waals surface area contributed by atoms with Crippen LogP contribution in [0.4, 0.5) is 10.3 Å². The lowest BCUT2D eigenvalue weighted by molar-refractivity contribution is 0.102. The third-order valence-electron chi connectivity index (χ3n) is 4.74. The molecule has 0 atom stereocenters. The highest BCUT2D eigenvalue weighted by atomic mass is 19.1. The van der Waals surface area contributed by atoms with Gasteiger partial charge in [0, 0.05) is 29.8 Å². The van der Waals surface area contributed by atoms with Crippen LogP contribution in [0, 0.1) is 5.82 Å². The molecule has 0 aliphatic carbocycles. The number of nitrogens with zero attached hydrogens (tertiary/aromatic N) is 4. The fraction of sp³-hybridized carbons (Fsp3) is 0.0526. The van der Waals surface area contributed by atoms with E-state index in [9.17, 15) is 9.18 Å². The largest absolute Gasteiger partial charge is 0.334 e. The Labute approximate surface area is 177 Å². The van der Waals surface area contributed by atoms with Crippen LogP contribution in [-0.4, -0.2) is 56.8 Å². The van der Waals surface area contributed by atoms with Crippen molar-refractivity contribution in [1.82, 2.24) is 19.5 Å². The van der Waals surface area contributed by atoms with Gasteiger partial charge in [-0.3, -0.25) is 10.1 Å². The van der Waals surface area contributed by atoms with E-state index in [-0.39, 0.29) is 22.4 Å². The summed E-state index contributed by atoms with van der Waals surface area (Å²) in [5.74, 6) is -1.72. The van der Waals surface area contributed by atoms with Crippen molar-refractivity contribution < 1.29 is 9.18 Å². The second-order valence-electron chi connectivity index (χ2n) is 6.65. The maximum absolute atomic E-state index is 13.9. The van der Waals surface area contributed by atoms with Crippen molar-refractivity contribution in [3.8, 4) is 11.3 Å². The molecule has 0 aliphatic rings. The predicted octanol–water partition coefficient (Wildman–Crippen LogP) is -1.40. The Morgan fingerprint density at radius 2 is 1.77 bits per heavy atom. The molecule has 30 heavy (non-hydrogen) atoms. The Morgan fingerprint density at radius 3 is 2.40 bits per heavy atom. The molecular formula is C19H10B4FN5O. The average molecular weight is 387 g/mol. The van der Waals surface area contributed by atoms with Crippen molar-refractivity contribution in [2.75, 3.05) is 5.32 Å². The highest BCUT2D eigenvalue weighted by molar-refractivity contribution is 6.59. The molecule has 0 saturated carbocycles. The Morgan fingerprint density at radius 1 is 1.07 bits per heavy atom. The van der Waals surface area contributed by atoms with Crippen molar-refractivity contribution in [3.05, 3.63) is 48.3 Å². The number of aromatic nitrogens is 4. The van der Waals surface area contributed by atoms with Crippen LogP contribution in [0.15, 0.2) is 36.9 Å². The number of halogens is 1. The average Bonchev–Trinajstić information content (AvgIpc) is 3.16. The van der Waals surface area contributed by atoms with Gasteiger partial charge in [0.2, 0.25) is 5.95 Å². The Hall–Kier alpha value is -3.35. The van der Waals surface area contributed by atoms with E-state index >= 15 is 0 Å². The van der Waals surface area contributed by atoms with E-state index in [1.165, 1.54) is 0 Å². The van der Waals surface area contributed by atoms with Gasteiger partial charge in [-0.25, -0.2) is 19.3 Å². The van der Waals surface area contributed by atoms with Crippen molar-refractivity contribution >= 4 is 76.0 Å². The molecule has 4 aromatic rings. The second-order valence-corrected chi connectivity index (χ2v) is 6.65. The van der Waals surface area contributed by atoms with Gasteiger partial charge < -0.3 is 4.57 Å². The van der Waals surface area contributed by atoms with E-state index in [0.717, 1.165) is 16.6 Å². The predicted molar refractivity (Wildman–Crippen MR) is 118 cm³/mol. The number of carbonyl (C=O) groups excluding carboxylic acids is 1. The number of nitrogens with one attached hydrogen (secondary N) is 1. The summed E-state index contributed by atoms with van der Waals surface area (Å²) in [6.07, 6.45) is 4.99. The van der Waals surface area contributed by atoms with E-state index in [1.54, 1.807) is 18.7 Å². The number of benzene rings is 2. The van der Waals surface area contributed by atoms with Gasteiger partial charge in [0.05, 0.1) is 23.7 Å². The zero-order chi connectivity index (χ0) is 21.6. The number of fused-ring (bicyclic) bond motifs is 1. The molecule has 11 heteroatoms. The van der Waals surface area contributed by atoms with Gasteiger partial charge in [0.25, 0.3) is 5.91 Å². The van der Waals surface area contributed by atoms with Gasteiger partial charge in [-0.05, 0) is 6.07 Å². The number of anilines is 1. The van der Waals surface area contributed by atoms with Crippen LogP contribution < -0.4 is 27.2 Å². The third kappa shape index (κ3) is 3.30. The van der Waals surface area contributed by atoms with Crippen LogP contribution in [0.1, 0.15) is 10.4 Å². The van der Waals surface area contributed by atoms with Crippen LogP contribution >= 0.6 is 0 Å². The molecule has 1 amide bonds. The van der Waals surface area contributed by atoms with E-state index in [4.69, 9.17) is 31.4 Å². The number of imidazole rings is 1. The first-order chi connectivity index (χ1) is 14.3. The third-order valence-corrected chi connectivity index (χ3v) is 4.74. The number of carbonyl (C=O) groups is 1. The van der Waals surface area contributed by atoms with E-state index in [0.29, 0.717) is 5.52 Å². The summed E-state index contributed by atoms with van der Waals surface area (Å²) in [6.45, 7) is 0. The zero-order valence-corrected chi connectivity index (χ0v) is 15.8. The van der Waals surface area contributed by atoms with Gasteiger partial charge in [-0.2, -0.15) is 0 Å². The van der Waals surface area contributed by atoms with Gasteiger partial charge in [0.1, 0.15) is 37.2 Å². The number of aryl methyl sites for hydroxylation is 1. The molecule has 2 aromatic carbocycles. The molecule has 136 valence electrons. The molecule has 6 nitrogen and oxygen atoms in total. The van der Waals surface area contributed by atoms with Crippen molar-refractivity contribution in [2.45, 2.75) is 0 Å². The SMILES string of the molecule is [B]c1c([B])c(C(=O)Nc2ncc3ccc(-c4cncn4C)cc3n2)c([B])c([B])c1F. The summed E-state index contributed by atoms with van der Waals surface area (Å²) in [5, 5.41) is 3.27. The lowest BCUT2D eigenvalue weighted by Gasteiger charge is -2.17. The molecule has 8 radical (unpaired) electrons. The molecule has 0 unspecified atom stereocenters. The van der Waals surface area contributed by atoms with Crippen LogP contribution in [-0.2, 0) is 7.05 Å². The van der Waals surface area contributed by atoms with Crippen LogP contribution in [0.3, 0.4) is 0 Å². The minimum atomic E-state index is -0.966. The van der Waals surface area contributed by atoms with Crippen molar-refractivity contribution in [3.63, 3.8) is 0 Å². The molecular weight excluding hydrogens is 376 g/mol. The van der Waals surface area contributed by atoms with E-state index in [1.807, 2.05) is 29.8 Å². The molecule has 2 aromatic heterocycles. The quantitative estimate of drug-likeness (QED) is 0.440. The number of amides is 1. The Balaban J connectivity index is 1.71. The number of hydrogen-bond donors (Lipinski definition) is 1. The molecule has 0 fully saturated rings. The fourth-order valence-electron chi connectivity index (χ4n) is 3.08. The van der Waals surface area contributed by atoms with Crippen LogP contribution in [0.2, 0.25) is 0 Å². The summed E-state index contributed by atoms with van der Waals surface area (Å²) in [7, 11) is 24.6. The number of rotatable bonds is 3. The van der Waals surface area contributed by atoms with Gasteiger partial charge >= 0.3 is 0 Å². The van der Waals surface area contributed by atoms with Crippen LogP contribution in [0.5, 0.6) is 0 Å². The first-order valence-electron chi connectivity index (χ1n) is 8.74. The normalized spacial score (nSPS) is 11.0. The minimum absolute atomic E-state index is 0.00919. The zero-order valence-electron chi connectivity index (χ0n) is 15.8. The monoisotopic (exact) mass is 387 g/mol. The first kappa shape index (κ1) is 19.9. The van der Waals surface area contributed by atoms with E-state index < -0.39 is 22.7 Å². The lowest BCUT2D eigenvalue weighted by atomic mass is 9.66. The Kier molecular flexibility index (Phi) is 4.97. The second kappa shape index (κ2) is 7.48.